The maximum atomic E-state index is 14.0. The second-order valence-electron chi connectivity index (χ2n) is 12.1. The first-order chi connectivity index (χ1) is 19.8. The largest absolute Gasteiger partial charge is 0.463 e. The number of hydrogen-bond donors (Lipinski definition) is 1. The standard InChI is InChI=1S/C33H34NO7/c1-34(2)25-16-21(17-26(34)30-29(25)41-30)39-31(36)22(20-10-4-3-5-11-20)18-38-32(37)33(19-35)23-12-6-8-14-27(23)40-28-15-9-7-13-24(28)33/h3-15,21-22,25-26,29-30,35H,16-19H2,1-2H3/q+1/t21?,22?,25?,26?,29-,30+. The van der Waals surface area contributed by atoms with E-state index < -0.39 is 29.9 Å². The van der Waals surface area contributed by atoms with Gasteiger partial charge in [0.1, 0.15) is 59.8 Å². The molecule has 4 aliphatic heterocycles. The lowest BCUT2D eigenvalue weighted by atomic mass is 9.73. The molecule has 212 valence electrons. The average molecular weight is 557 g/mol. The van der Waals surface area contributed by atoms with Crippen LogP contribution >= 0.6 is 0 Å². The first kappa shape index (κ1) is 26.2. The van der Waals surface area contributed by atoms with E-state index in [1.807, 2.05) is 42.5 Å². The lowest BCUT2D eigenvalue weighted by Gasteiger charge is -2.45. The van der Waals surface area contributed by atoms with E-state index in [-0.39, 0.29) is 24.9 Å². The van der Waals surface area contributed by atoms with Gasteiger partial charge in [0.2, 0.25) is 0 Å². The number of aliphatic hydroxyl groups excluding tert-OH is 1. The monoisotopic (exact) mass is 556 g/mol. The highest BCUT2D eigenvalue weighted by Gasteiger charge is 2.70. The number of aliphatic hydroxyl groups is 1. The summed E-state index contributed by atoms with van der Waals surface area (Å²) in [5.41, 5.74) is 0.245. The van der Waals surface area contributed by atoms with Crippen LogP contribution in [-0.2, 0) is 29.2 Å². The second kappa shape index (κ2) is 9.69. The summed E-state index contributed by atoms with van der Waals surface area (Å²) in [4.78, 5) is 27.7. The van der Waals surface area contributed by atoms with E-state index in [1.54, 1.807) is 36.4 Å². The molecule has 3 aromatic rings. The Hall–Kier alpha value is -3.72. The van der Waals surface area contributed by atoms with E-state index in [2.05, 4.69) is 14.1 Å². The molecule has 0 aromatic heterocycles. The van der Waals surface area contributed by atoms with Gasteiger partial charge >= 0.3 is 11.9 Å². The number of morpholine rings is 1. The Morgan fingerprint density at radius 2 is 1.46 bits per heavy atom. The number of likely N-dealkylation sites (N-methyl/N-ethyl adjacent to an activating group) is 1. The highest BCUT2D eigenvalue weighted by molar-refractivity contribution is 5.91. The summed E-state index contributed by atoms with van der Waals surface area (Å²) < 4.78 is 24.9. The van der Waals surface area contributed by atoms with Crippen LogP contribution in [0.4, 0.5) is 0 Å². The van der Waals surface area contributed by atoms with Crippen molar-refractivity contribution in [3.63, 3.8) is 0 Å². The van der Waals surface area contributed by atoms with Gasteiger partial charge in [-0.25, -0.2) is 0 Å². The van der Waals surface area contributed by atoms with Gasteiger partial charge < -0.3 is 28.5 Å². The van der Waals surface area contributed by atoms with Crippen LogP contribution in [0.25, 0.3) is 0 Å². The first-order valence-electron chi connectivity index (χ1n) is 14.2. The summed E-state index contributed by atoms with van der Waals surface area (Å²) >= 11 is 0. The molecule has 0 aliphatic carbocycles. The number of fused-ring (bicyclic) bond motifs is 7. The van der Waals surface area contributed by atoms with E-state index in [0.29, 0.717) is 40.3 Å². The third-order valence-corrected chi connectivity index (χ3v) is 9.69. The molecule has 0 amide bonds. The van der Waals surface area contributed by atoms with E-state index >= 15 is 0 Å². The number of rotatable bonds is 7. The summed E-state index contributed by atoms with van der Waals surface area (Å²) in [5.74, 6) is -0.919. The molecular formula is C33H34NO7+. The molecule has 4 unspecified atom stereocenters. The fraction of sp³-hybridized carbons (Fsp3) is 0.394. The average Bonchev–Trinajstić information content (AvgIpc) is 3.75. The van der Waals surface area contributed by atoms with Gasteiger partial charge in [-0.1, -0.05) is 66.7 Å². The molecule has 41 heavy (non-hydrogen) atoms. The number of ether oxygens (including phenoxy) is 4. The minimum Gasteiger partial charge on any atom is -0.463 e. The minimum atomic E-state index is -1.50. The third kappa shape index (κ3) is 4.08. The zero-order chi connectivity index (χ0) is 28.4. The van der Waals surface area contributed by atoms with Crippen molar-refractivity contribution in [2.75, 3.05) is 27.3 Å². The van der Waals surface area contributed by atoms with Gasteiger partial charge in [0.25, 0.3) is 0 Å². The summed E-state index contributed by atoms with van der Waals surface area (Å²) in [6.45, 7) is -0.739. The van der Waals surface area contributed by atoms with Gasteiger partial charge in [-0.15, -0.1) is 0 Å². The van der Waals surface area contributed by atoms with Gasteiger partial charge in [0, 0.05) is 24.0 Å². The van der Waals surface area contributed by atoms with Crippen molar-refractivity contribution >= 4 is 11.9 Å². The third-order valence-electron chi connectivity index (χ3n) is 9.69. The van der Waals surface area contributed by atoms with Crippen molar-refractivity contribution in [3.8, 4) is 11.5 Å². The van der Waals surface area contributed by atoms with Crippen LogP contribution in [0.3, 0.4) is 0 Å². The van der Waals surface area contributed by atoms with Crippen molar-refractivity contribution in [3.05, 3.63) is 95.6 Å². The van der Waals surface area contributed by atoms with Crippen LogP contribution in [0.5, 0.6) is 11.5 Å². The van der Waals surface area contributed by atoms with Crippen LogP contribution in [0.1, 0.15) is 35.4 Å². The Morgan fingerprint density at radius 1 is 0.902 bits per heavy atom. The lowest BCUT2D eigenvalue weighted by Crippen LogP contribution is -2.60. The number of hydrogen-bond acceptors (Lipinski definition) is 7. The molecule has 0 radical (unpaired) electrons. The van der Waals surface area contributed by atoms with E-state index in [4.69, 9.17) is 18.9 Å². The van der Waals surface area contributed by atoms with Crippen molar-refractivity contribution < 1.29 is 38.1 Å². The van der Waals surface area contributed by atoms with E-state index in [9.17, 15) is 14.7 Å². The van der Waals surface area contributed by atoms with Crippen molar-refractivity contribution in [1.82, 2.24) is 0 Å². The maximum absolute atomic E-state index is 14.0. The number of nitrogens with zero attached hydrogens (tertiary/aromatic N) is 1. The fourth-order valence-corrected chi connectivity index (χ4v) is 7.35. The van der Waals surface area contributed by atoms with Crippen LogP contribution in [0.2, 0.25) is 0 Å². The summed E-state index contributed by atoms with van der Waals surface area (Å²) in [5, 5.41) is 10.8. The molecule has 1 N–H and O–H groups in total. The summed E-state index contributed by atoms with van der Waals surface area (Å²) in [6, 6.07) is 24.1. The van der Waals surface area contributed by atoms with Crippen molar-refractivity contribution in [1.29, 1.82) is 0 Å². The number of epoxide rings is 1. The van der Waals surface area contributed by atoms with Crippen LogP contribution in [0.15, 0.2) is 78.9 Å². The molecule has 6 atom stereocenters. The molecule has 8 heteroatoms. The maximum Gasteiger partial charge on any atom is 0.323 e. The Balaban J connectivity index is 1.14. The second-order valence-corrected chi connectivity index (χ2v) is 12.1. The molecule has 8 nitrogen and oxygen atoms in total. The van der Waals surface area contributed by atoms with Gasteiger partial charge in [-0.05, 0) is 17.7 Å². The Labute approximate surface area is 239 Å². The molecule has 0 saturated carbocycles. The quantitative estimate of drug-likeness (QED) is 0.270. The number of benzene rings is 3. The normalized spacial score (nSPS) is 28.2. The van der Waals surface area contributed by atoms with Crippen LogP contribution in [0, 0.1) is 0 Å². The van der Waals surface area contributed by atoms with Crippen LogP contribution < -0.4 is 4.74 Å². The number of quaternary nitrogens is 1. The van der Waals surface area contributed by atoms with Gasteiger partial charge in [0.05, 0.1) is 20.7 Å². The zero-order valence-corrected chi connectivity index (χ0v) is 23.1. The molecule has 3 fully saturated rings. The number of piperidine rings is 1. The summed E-state index contributed by atoms with van der Waals surface area (Å²) in [6.07, 6.45) is 1.80. The predicted octanol–water partition coefficient (Wildman–Crippen LogP) is 3.70. The topological polar surface area (TPSA) is 94.6 Å². The minimum absolute atomic E-state index is 0.208. The highest BCUT2D eigenvalue weighted by Crippen LogP contribution is 2.52. The van der Waals surface area contributed by atoms with E-state index in [0.717, 1.165) is 17.3 Å². The van der Waals surface area contributed by atoms with Crippen molar-refractivity contribution in [2.45, 2.75) is 54.6 Å². The molecule has 3 saturated heterocycles. The Bertz CT molecular complexity index is 1420. The van der Waals surface area contributed by atoms with Crippen LogP contribution in [-0.4, -0.2) is 79.2 Å². The molecule has 0 spiro atoms. The highest BCUT2D eigenvalue weighted by atomic mass is 16.6. The van der Waals surface area contributed by atoms with E-state index in [1.165, 1.54) is 0 Å². The van der Waals surface area contributed by atoms with Gasteiger partial charge in [-0.2, -0.15) is 0 Å². The molecule has 4 heterocycles. The number of carbonyl (C=O) groups is 2. The zero-order valence-electron chi connectivity index (χ0n) is 23.1. The Kier molecular flexibility index (Phi) is 6.19. The fourth-order valence-electron chi connectivity index (χ4n) is 7.35. The first-order valence-corrected chi connectivity index (χ1v) is 14.2. The van der Waals surface area contributed by atoms with Gasteiger partial charge in [-0.3, -0.25) is 9.59 Å². The Morgan fingerprint density at radius 3 is 2.05 bits per heavy atom. The molecule has 7 rings (SSSR count). The van der Waals surface area contributed by atoms with Crippen molar-refractivity contribution in [2.24, 2.45) is 0 Å². The summed E-state index contributed by atoms with van der Waals surface area (Å²) in [7, 11) is 4.47. The number of carbonyl (C=O) groups excluding carboxylic acids is 2. The molecule has 3 aromatic carbocycles. The molecular weight excluding hydrogens is 522 g/mol. The predicted molar refractivity (Wildman–Crippen MR) is 148 cm³/mol. The molecule has 4 aliphatic rings. The molecule has 2 bridgehead atoms. The number of esters is 2. The van der Waals surface area contributed by atoms with Gasteiger partial charge in [0.15, 0.2) is 0 Å². The lowest BCUT2D eigenvalue weighted by molar-refractivity contribution is -0.938. The number of para-hydroxylation sites is 2. The SMILES string of the molecule is C[N+]1(C)C2CC(OC(=O)C(COC(=O)C3(CO)c4ccccc4Oc4ccccc43)c3ccccc3)CC1[C@@H]1O[C@H]21. The smallest absolute Gasteiger partial charge is 0.323 e.